The molecule has 1 aliphatic carbocycles. The number of nitrogens with zero attached hydrogens (tertiary/aromatic N) is 1. The van der Waals surface area contributed by atoms with Crippen LogP contribution in [0.1, 0.15) is 43.2 Å². The van der Waals surface area contributed by atoms with Crippen molar-refractivity contribution in [1.29, 1.82) is 0 Å². The quantitative estimate of drug-likeness (QED) is 0.670. The molecule has 1 saturated heterocycles. The van der Waals surface area contributed by atoms with Crippen molar-refractivity contribution in [3.63, 3.8) is 0 Å². The van der Waals surface area contributed by atoms with E-state index in [1.165, 1.54) is 17.5 Å². The van der Waals surface area contributed by atoms with E-state index in [1.54, 1.807) is 6.92 Å². The third kappa shape index (κ3) is 1.76. The van der Waals surface area contributed by atoms with Crippen LogP contribution in [0.15, 0.2) is 24.3 Å². The average molecular weight is 229 g/mol. The van der Waals surface area contributed by atoms with E-state index in [1.807, 2.05) is 0 Å². The molecule has 0 bridgehead atoms. The van der Waals surface area contributed by atoms with Crippen LogP contribution in [0.3, 0.4) is 0 Å². The molecule has 90 valence electrons. The van der Waals surface area contributed by atoms with Crippen LogP contribution in [0.2, 0.25) is 0 Å². The van der Waals surface area contributed by atoms with Crippen molar-refractivity contribution in [3.05, 3.63) is 35.4 Å². The van der Waals surface area contributed by atoms with Crippen LogP contribution in [0.4, 0.5) is 0 Å². The first-order valence-electron chi connectivity index (χ1n) is 6.62. The van der Waals surface area contributed by atoms with Crippen molar-refractivity contribution in [1.82, 2.24) is 4.90 Å². The molecule has 1 aliphatic heterocycles. The third-order valence-electron chi connectivity index (χ3n) is 4.35. The molecule has 0 aromatic heterocycles. The summed E-state index contributed by atoms with van der Waals surface area (Å²) in [4.78, 5) is 13.8. The molecule has 2 nitrogen and oxygen atoms in total. The molecule has 3 rings (SSSR count). The molecule has 2 aliphatic rings. The zero-order valence-electron chi connectivity index (χ0n) is 10.4. The summed E-state index contributed by atoms with van der Waals surface area (Å²) in [6.45, 7) is 2.67. The van der Waals surface area contributed by atoms with Crippen molar-refractivity contribution in [2.45, 2.75) is 44.6 Å². The summed E-state index contributed by atoms with van der Waals surface area (Å²) in [5.41, 5.74) is 2.99. The highest BCUT2D eigenvalue weighted by molar-refractivity contribution is 5.74. The monoisotopic (exact) mass is 229 g/mol. The summed E-state index contributed by atoms with van der Waals surface area (Å²) < 4.78 is 0. The number of aryl methyl sites for hydroxylation is 1. The van der Waals surface area contributed by atoms with Crippen molar-refractivity contribution in [2.75, 3.05) is 6.54 Å². The number of carbonyl (C=O) groups excluding carboxylic acids is 1. The molecule has 1 fully saturated rings. The number of fused-ring (bicyclic) bond motifs is 3. The number of carbonyl (C=O) groups is 1. The molecule has 17 heavy (non-hydrogen) atoms. The van der Waals surface area contributed by atoms with Crippen LogP contribution >= 0.6 is 0 Å². The van der Waals surface area contributed by atoms with Crippen LogP contribution < -0.4 is 0 Å². The van der Waals surface area contributed by atoms with Gasteiger partial charge in [-0.3, -0.25) is 4.79 Å². The minimum Gasteiger partial charge on any atom is -0.339 e. The number of likely N-dealkylation sites (tertiary alicyclic amines) is 1. The van der Waals surface area contributed by atoms with Crippen LogP contribution in [-0.4, -0.2) is 23.4 Å². The fourth-order valence-electron chi connectivity index (χ4n) is 3.59. The van der Waals surface area contributed by atoms with Crippen LogP contribution in [0, 0.1) is 0 Å². The summed E-state index contributed by atoms with van der Waals surface area (Å²) in [6, 6.07) is 9.23. The zero-order valence-corrected chi connectivity index (χ0v) is 10.4. The van der Waals surface area contributed by atoms with E-state index in [0.29, 0.717) is 12.0 Å². The molecule has 2 atom stereocenters. The van der Waals surface area contributed by atoms with Gasteiger partial charge in [0.25, 0.3) is 0 Å². The Hall–Kier alpha value is -1.31. The molecule has 1 aromatic carbocycles. The zero-order chi connectivity index (χ0) is 11.8. The summed E-state index contributed by atoms with van der Waals surface area (Å²) in [6.07, 6.45) is 4.66. The first-order chi connectivity index (χ1) is 8.27. The number of hydrogen-bond acceptors (Lipinski definition) is 1. The van der Waals surface area contributed by atoms with Gasteiger partial charge in [-0.2, -0.15) is 0 Å². The second-order valence-electron chi connectivity index (χ2n) is 5.27. The van der Waals surface area contributed by atoms with Crippen molar-refractivity contribution in [2.24, 2.45) is 0 Å². The van der Waals surface area contributed by atoms with E-state index in [-0.39, 0.29) is 5.91 Å². The molecule has 0 N–H and O–H groups in total. The van der Waals surface area contributed by atoms with E-state index >= 15 is 0 Å². The summed E-state index contributed by atoms with van der Waals surface area (Å²) >= 11 is 0. The Morgan fingerprint density at radius 1 is 1.29 bits per heavy atom. The smallest absolute Gasteiger partial charge is 0.219 e. The van der Waals surface area contributed by atoms with E-state index < -0.39 is 0 Å². The van der Waals surface area contributed by atoms with Gasteiger partial charge in [0, 0.05) is 25.4 Å². The molecule has 0 saturated carbocycles. The van der Waals surface area contributed by atoms with Gasteiger partial charge in [0.05, 0.1) is 0 Å². The van der Waals surface area contributed by atoms with Gasteiger partial charge >= 0.3 is 0 Å². The molecule has 0 unspecified atom stereocenters. The van der Waals surface area contributed by atoms with Gasteiger partial charge in [-0.1, -0.05) is 24.3 Å². The van der Waals surface area contributed by atoms with Gasteiger partial charge in [0.1, 0.15) is 0 Å². The van der Waals surface area contributed by atoms with Gasteiger partial charge in [-0.25, -0.2) is 0 Å². The number of rotatable bonds is 0. The summed E-state index contributed by atoms with van der Waals surface area (Å²) in [7, 11) is 0. The maximum absolute atomic E-state index is 11.7. The predicted molar refractivity (Wildman–Crippen MR) is 67.9 cm³/mol. The molecule has 1 aromatic rings. The lowest BCUT2D eigenvalue weighted by Gasteiger charge is -2.44. The normalized spacial score (nSPS) is 27.2. The van der Waals surface area contributed by atoms with Crippen LogP contribution in [0.5, 0.6) is 0 Å². The fraction of sp³-hybridized carbons (Fsp3) is 0.533. The summed E-state index contributed by atoms with van der Waals surface area (Å²) in [5.74, 6) is 0.830. The van der Waals surface area contributed by atoms with Crippen LogP contribution in [0.25, 0.3) is 0 Å². The standard InChI is InChI=1S/C15H19NO/c1-11(17)16-10-4-7-14-13-6-3-2-5-12(13)8-9-15(14)16/h2-3,5-6,14-15H,4,7-10H2,1H3/t14-,15+/m1/s1. The van der Waals surface area contributed by atoms with Crippen molar-refractivity contribution >= 4 is 5.91 Å². The van der Waals surface area contributed by atoms with Crippen LogP contribution in [-0.2, 0) is 11.2 Å². The number of amides is 1. The first-order valence-corrected chi connectivity index (χ1v) is 6.62. The molecular weight excluding hydrogens is 210 g/mol. The van der Waals surface area contributed by atoms with Gasteiger partial charge in [-0.15, -0.1) is 0 Å². The Labute approximate surface area is 103 Å². The number of piperidine rings is 1. The van der Waals surface area contributed by atoms with Gasteiger partial charge in [-0.05, 0) is 36.8 Å². The third-order valence-corrected chi connectivity index (χ3v) is 4.35. The Morgan fingerprint density at radius 3 is 2.94 bits per heavy atom. The lowest BCUT2D eigenvalue weighted by Crippen LogP contribution is -2.48. The fourth-order valence-corrected chi connectivity index (χ4v) is 3.59. The van der Waals surface area contributed by atoms with Crippen molar-refractivity contribution < 1.29 is 4.79 Å². The second-order valence-corrected chi connectivity index (χ2v) is 5.27. The molecule has 2 heteroatoms. The second kappa shape index (κ2) is 4.17. The predicted octanol–water partition coefficient (Wildman–Crippen LogP) is 2.73. The van der Waals surface area contributed by atoms with E-state index in [9.17, 15) is 4.79 Å². The minimum atomic E-state index is 0.249. The Balaban J connectivity index is 1.96. The number of benzene rings is 1. The summed E-state index contributed by atoms with van der Waals surface area (Å²) in [5, 5.41) is 0. The van der Waals surface area contributed by atoms with Crippen molar-refractivity contribution in [3.8, 4) is 0 Å². The van der Waals surface area contributed by atoms with E-state index in [2.05, 4.69) is 29.2 Å². The van der Waals surface area contributed by atoms with Gasteiger partial charge in [0.2, 0.25) is 5.91 Å². The molecule has 0 spiro atoms. The first kappa shape index (κ1) is 10.8. The SMILES string of the molecule is CC(=O)N1CCC[C@@H]2c3ccccc3CC[C@@H]21. The number of hydrogen-bond donors (Lipinski definition) is 0. The van der Waals surface area contributed by atoms with Gasteiger partial charge < -0.3 is 4.90 Å². The molecule has 0 radical (unpaired) electrons. The van der Waals surface area contributed by atoms with E-state index in [0.717, 1.165) is 25.8 Å². The Morgan fingerprint density at radius 2 is 2.12 bits per heavy atom. The highest BCUT2D eigenvalue weighted by Gasteiger charge is 2.36. The highest BCUT2D eigenvalue weighted by atomic mass is 16.2. The molecule has 1 amide bonds. The van der Waals surface area contributed by atoms with E-state index in [4.69, 9.17) is 0 Å². The lowest BCUT2D eigenvalue weighted by atomic mass is 9.74. The minimum absolute atomic E-state index is 0.249. The lowest BCUT2D eigenvalue weighted by molar-refractivity contribution is -0.133. The maximum Gasteiger partial charge on any atom is 0.219 e. The Bertz CT molecular complexity index is 440. The Kier molecular flexibility index (Phi) is 2.65. The average Bonchev–Trinajstić information content (AvgIpc) is 2.37. The molecule has 1 heterocycles. The largest absolute Gasteiger partial charge is 0.339 e. The molecular formula is C15H19NO. The highest BCUT2D eigenvalue weighted by Crippen LogP contribution is 2.40. The van der Waals surface area contributed by atoms with Gasteiger partial charge in [0.15, 0.2) is 0 Å². The maximum atomic E-state index is 11.7. The topological polar surface area (TPSA) is 20.3 Å².